The topological polar surface area (TPSA) is 37.3 Å². The Balaban J connectivity index is 3.17. The van der Waals surface area contributed by atoms with Gasteiger partial charge in [0.05, 0.1) is 6.42 Å². The van der Waals surface area contributed by atoms with Gasteiger partial charge in [-0.3, -0.25) is 4.79 Å². The summed E-state index contributed by atoms with van der Waals surface area (Å²) < 4.78 is 13.6. The van der Waals surface area contributed by atoms with E-state index in [-0.39, 0.29) is 12.0 Å². The van der Waals surface area contributed by atoms with Crippen LogP contribution < -0.4 is 0 Å². The first-order valence-electron chi connectivity index (χ1n) is 3.67. The zero-order valence-electron chi connectivity index (χ0n) is 6.97. The lowest BCUT2D eigenvalue weighted by Crippen LogP contribution is -2.04. The smallest absolute Gasteiger partial charge is 0.307 e. The molecule has 1 N–H and O–H groups in total. The van der Waals surface area contributed by atoms with E-state index in [4.69, 9.17) is 5.11 Å². The van der Waals surface area contributed by atoms with Crippen LogP contribution in [0.1, 0.15) is 11.1 Å². The summed E-state index contributed by atoms with van der Waals surface area (Å²) in [6, 6.07) is 2.88. The van der Waals surface area contributed by atoms with Gasteiger partial charge >= 0.3 is 5.97 Å². The highest BCUT2D eigenvalue weighted by molar-refractivity contribution is 9.10. The van der Waals surface area contributed by atoms with E-state index in [2.05, 4.69) is 15.9 Å². The average Bonchev–Trinajstić information content (AvgIpc) is 2.05. The molecule has 0 aliphatic heterocycles. The van der Waals surface area contributed by atoms with Crippen LogP contribution in [-0.2, 0) is 11.2 Å². The highest BCUT2D eigenvalue weighted by atomic mass is 79.9. The maximum Gasteiger partial charge on any atom is 0.307 e. The first-order chi connectivity index (χ1) is 6.02. The lowest BCUT2D eigenvalue weighted by Gasteiger charge is -2.05. The summed E-state index contributed by atoms with van der Waals surface area (Å²) in [6.07, 6.45) is -0.298. The third kappa shape index (κ3) is 2.28. The number of hydrogen-bond donors (Lipinski definition) is 1. The van der Waals surface area contributed by atoms with Crippen molar-refractivity contribution < 1.29 is 14.3 Å². The molecular weight excluding hydrogens is 239 g/mol. The van der Waals surface area contributed by atoms with Crippen LogP contribution in [-0.4, -0.2) is 11.1 Å². The molecule has 0 aliphatic rings. The molecule has 2 nitrogen and oxygen atoms in total. The lowest BCUT2D eigenvalue weighted by molar-refractivity contribution is -0.136. The molecule has 0 radical (unpaired) electrons. The Morgan fingerprint density at radius 1 is 1.62 bits per heavy atom. The van der Waals surface area contributed by atoms with Gasteiger partial charge in [0.25, 0.3) is 0 Å². The van der Waals surface area contributed by atoms with Gasteiger partial charge in [-0.05, 0) is 18.6 Å². The summed E-state index contributed by atoms with van der Waals surface area (Å²) >= 11 is 3.16. The molecule has 1 rings (SSSR count). The molecule has 0 saturated heterocycles. The molecule has 0 unspecified atom stereocenters. The Hall–Kier alpha value is -0.900. The third-order valence-electron chi connectivity index (χ3n) is 1.71. The molecule has 1 aromatic carbocycles. The van der Waals surface area contributed by atoms with Crippen molar-refractivity contribution in [1.82, 2.24) is 0 Å². The fraction of sp³-hybridized carbons (Fsp3) is 0.222. The van der Waals surface area contributed by atoms with Gasteiger partial charge in [-0.15, -0.1) is 0 Å². The molecule has 13 heavy (non-hydrogen) atoms. The van der Waals surface area contributed by atoms with Gasteiger partial charge in [0.2, 0.25) is 0 Å². The molecule has 0 fully saturated rings. The Bertz CT molecular complexity index is 350. The van der Waals surface area contributed by atoms with Gasteiger partial charge < -0.3 is 5.11 Å². The standard InChI is InChI=1S/C9H8BrFO2/c1-5-2-3-7(11)6(9(5)10)4-8(12)13/h2-3H,4H2,1H3,(H,12,13). The van der Waals surface area contributed by atoms with Crippen LogP contribution in [0.15, 0.2) is 16.6 Å². The van der Waals surface area contributed by atoms with E-state index in [1.807, 2.05) is 0 Å². The minimum Gasteiger partial charge on any atom is -0.481 e. The molecule has 70 valence electrons. The third-order valence-corrected chi connectivity index (χ3v) is 2.81. The summed E-state index contributed by atoms with van der Waals surface area (Å²) in [5.74, 6) is -1.52. The molecular formula is C9H8BrFO2. The quantitative estimate of drug-likeness (QED) is 0.871. The second-order valence-corrected chi connectivity index (χ2v) is 3.52. The van der Waals surface area contributed by atoms with E-state index in [0.29, 0.717) is 4.47 Å². The number of carbonyl (C=O) groups is 1. The number of halogens is 2. The molecule has 0 aromatic heterocycles. The molecule has 4 heteroatoms. The van der Waals surface area contributed by atoms with Crippen LogP contribution in [0, 0.1) is 12.7 Å². The van der Waals surface area contributed by atoms with E-state index in [1.54, 1.807) is 13.0 Å². The van der Waals surface area contributed by atoms with Crippen molar-refractivity contribution in [3.05, 3.63) is 33.5 Å². The predicted octanol–water partition coefficient (Wildman–Crippen LogP) is 2.52. The molecule has 0 aliphatic carbocycles. The summed E-state index contributed by atoms with van der Waals surface area (Å²) in [7, 11) is 0. The number of rotatable bonds is 2. The molecule has 0 atom stereocenters. The number of aliphatic carboxylic acids is 1. The predicted molar refractivity (Wildman–Crippen MR) is 50.2 cm³/mol. The number of benzene rings is 1. The largest absolute Gasteiger partial charge is 0.481 e. The fourth-order valence-corrected chi connectivity index (χ4v) is 1.49. The van der Waals surface area contributed by atoms with E-state index >= 15 is 0 Å². The molecule has 0 amide bonds. The van der Waals surface area contributed by atoms with Gasteiger partial charge in [-0.25, -0.2) is 4.39 Å². The summed E-state index contributed by atoms with van der Waals surface area (Å²) in [6.45, 7) is 1.79. The number of aryl methyl sites for hydroxylation is 1. The van der Waals surface area contributed by atoms with Crippen molar-refractivity contribution in [3.8, 4) is 0 Å². The van der Waals surface area contributed by atoms with Crippen molar-refractivity contribution in [2.75, 3.05) is 0 Å². The monoisotopic (exact) mass is 246 g/mol. The van der Waals surface area contributed by atoms with Gasteiger partial charge in [-0.2, -0.15) is 0 Å². The van der Waals surface area contributed by atoms with Gasteiger partial charge in [0, 0.05) is 10.0 Å². The highest BCUT2D eigenvalue weighted by Gasteiger charge is 2.12. The van der Waals surface area contributed by atoms with E-state index in [1.165, 1.54) is 6.07 Å². The lowest BCUT2D eigenvalue weighted by atomic mass is 10.1. The van der Waals surface area contributed by atoms with E-state index in [0.717, 1.165) is 5.56 Å². The van der Waals surface area contributed by atoms with E-state index < -0.39 is 11.8 Å². The summed E-state index contributed by atoms with van der Waals surface area (Å²) in [5, 5.41) is 8.52. The van der Waals surface area contributed by atoms with Gasteiger partial charge in [-0.1, -0.05) is 22.0 Å². The van der Waals surface area contributed by atoms with Crippen LogP contribution >= 0.6 is 15.9 Å². The Morgan fingerprint density at radius 2 is 2.23 bits per heavy atom. The minimum absolute atomic E-state index is 0.201. The van der Waals surface area contributed by atoms with Crippen LogP contribution in [0.5, 0.6) is 0 Å². The maximum absolute atomic E-state index is 13.1. The Morgan fingerprint density at radius 3 is 2.77 bits per heavy atom. The van der Waals surface area contributed by atoms with Crippen molar-refractivity contribution in [3.63, 3.8) is 0 Å². The summed E-state index contributed by atoms with van der Waals surface area (Å²) in [4.78, 5) is 10.4. The van der Waals surface area contributed by atoms with Gasteiger partial charge in [0.15, 0.2) is 0 Å². The normalized spacial score (nSPS) is 10.1. The second-order valence-electron chi connectivity index (χ2n) is 2.73. The van der Waals surface area contributed by atoms with Gasteiger partial charge in [0.1, 0.15) is 5.82 Å². The maximum atomic E-state index is 13.1. The highest BCUT2D eigenvalue weighted by Crippen LogP contribution is 2.24. The summed E-state index contributed by atoms with van der Waals surface area (Å²) in [5.41, 5.74) is 1.03. The van der Waals surface area contributed by atoms with Crippen LogP contribution in [0.2, 0.25) is 0 Å². The average molecular weight is 247 g/mol. The zero-order valence-corrected chi connectivity index (χ0v) is 8.56. The molecule has 0 heterocycles. The Kier molecular flexibility index (Phi) is 3.03. The van der Waals surface area contributed by atoms with Crippen LogP contribution in [0.4, 0.5) is 4.39 Å². The number of carboxylic acids is 1. The first-order valence-corrected chi connectivity index (χ1v) is 4.47. The SMILES string of the molecule is Cc1ccc(F)c(CC(=O)O)c1Br. The molecule has 0 bridgehead atoms. The minimum atomic E-state index is -1.04. The Labute approximate surface area is 83.5 Å². The van der Waals surface area contributed by atoms with Crippen molar-refractivity contribution >= 4 is 21.9 Å². The van der Waals surface area contributed by atoms with Crippen LogP contribution in [0.25, 0.3) is 0 Å². The molecule has 0 saturated carbocycles. The second kappa shape index (κ2) is 3.87. The fourth-order valence-electron chi connectivity index (χ4n) is 1.03. The number of carboxylic acid groups (broad SMARTS) is 1. The van der Waals surface area contributed by atoms with Crippen molar-refractivity contribution in [2.45, 2.75) is 13.3 Å². The first kappa shape index (κ1) is 10.2. The molecule has 0 spiro atoms. The number of hydrogen-bond acceptors (Lipinski definition) is 1. The van der Waals surface area contributed by atoms with Crippen LogP contribution in [0.3, 0.4) is 0 Å². The van der Waals surface area contributed by atoms with Crippen molar-refractivity contribution in [2.24, 2.45) is 0 Å². The van der Waals surface area contributed by atoms with Crippen molar-refractivity contribution in [1.29, 1.82) is 0 Å². The molecule has 1 aromatic rings. The van der Waals surface area contributed by atoms with E-state index in [9.17, 15) is 9.18 Å². The zero-order chi connectivity index (χ0) is 10.0.